The maximum absolute atomic E-state index is 10.9. The number of rotatable bonds is 6. The summed E-state index contributed by atoms with van der Waals surface area (Å²) in [4.78, 5) is 0. The molecule has 3 rings (SSSR count). The van der Waals surface area contributed by atoms with Crippen LogP contribution in [0.15, 0.2) is 57.8 Å². The number of furan rings is 2. The molecular formula is C16H17NO4. The fraction of sp³-hybridized carbons (Fsp3) is 0.250. The molecule has 0 aliphatic heterocycles. The highest BCUT2D eigenvalue weighted by Gasteiger charge is 2.35. The Balaban J connectivity index is 1.96. The second-order valence-electron chi connectivity index (χ2n) is 4.81. The van der Waals surface area contributed by atoms with E-state index in [0.717, 1.165) is 5.39 Å². The fourth-order valence-corrected chi connectivity index (χ4v) is 2.25. The number of hydrogen-bond donors (Lipinski definition) is 2. The molecule has 2 N–H and O–H groups in total. The summed E-state index contributed by atoms with van der Waals surface area (Å²) in [5.41, 5.74) is 0.604. The molecule has 1 unspecified atom stereocenters. The topological polar surface area (TPSA) is 67.8 Å². The van der Waals surface area contributed by atoms with E-state index < -0.39 is 5.79 Å². The molecule has 0 bridgehead atoms. The maximum atomic E-state index is 10.9. The third-order valence-electron chi connectivity index (χ3n) is 3.34. The lowest BCUT2D eigenvalue weighted by atomic mass is 10.1. The molecule has 2 aromatic heterocycles. The van der Waals surface area contributed by atoms with Gasteiger partial charge >= 0.3 is 0 Å². The summed E-state index contributed by atoms with van der Waals surface area (Å²) in [6.45, 7) is 0.575. The highest BCUT2D eigenvalue weighted by molar-refractivity contribution is 5.82. The van der Waals surface area contributed by atoms with Gasteiger partial charge < -0.3 is 24.0 Å². The van der Waals surface area contributed by atoms with E-state index in [2.05, 4.69) is 5.32 Å². The molecule has 0 saturated carbocycles. The van der Waals surface area contributed by atoms with Gasteiger partial charge in [0.1, 0.15) is 0 Å². The van der Waals surface area contributed by atoms with Gasteiger partial charge in [0.05, 0.1) is 12.5 Å². The molecule has 21 heavy (non-hydrogen) atoms. The normalized spacial score (nSPS) is 14.2. The van der Waals surface area contributed by atoms with Crippen LogP contribution in [0.4, 0.5) is 0 Å². The van der Waals surface area contributed by atoms with Crippen LogP contribution in [-0.2, 0) is 5.79 Å². The average Bonchev–Trinajstić information content (AvgIpc) is 3.16. The minimum atomic E-state index is -1.55. The van der Waals surface area contributed by atoms with Gasteiger partial charge in [0.2, 0.25) is 0 Å². The molecule has 0 amide bonds. The molecule has 0 radical (unpaired) electrons. The monoisotopic (exact) mass is 287 g/mol. The first kappa shape index (κ1) is 13.7. The smallest absolute Gasteiger partial charge is 0.268 e. The molecule has 0 fully saturated rings. The molecule has 1 aromatic carbocycles. The third-order valence-corrected chi connectivity index (χ3v) is 3.34. The summed E-state index contributed by atoms with van der Waals surface area (Å²) in [5, 5.41) is 14.8. The van der Waals surface area contributed by atoms with E-state index in [1.165, 1.54) is 6.26 Å². The second kappa shape index (κ2) is 5.63. The van der Waals surface area contributed by atoms with E-state index >= 15 is 0 Å². The Morgan fingerprint density at radius 3 is 2.81 bits per heavy atom. The first-order valence-electron chi connectivity index (χ1n) is 6.79. The minimum Gasteiger partial charge on any atom is -0.462 e. The zero-order valence-electron chi connectivity index (χ0n) is 11.7. The van der Waals surface area contributed by atoms with Gasteiger partial charge in [0.25, 0.3) is 5.79 Å². The average molecular weight is 287 g/mol. The Kier molecular flexibility index (Phi) is 3.68. The lowest BCUT2D eigenvalue weighted by Crippen LogP contribution is -2.35. The van der Waals surface area contributed by atoms with Crippen molar-refractivity contribution in [2.75, 3.05) is 13.6 Å². The minimum absolute atomic E-state index is 0.341. The Morgan fingerprint density at radius 1 is 1.14 bits per heavy atom. The van der Waals surface area contributed by atoms with Gasteiger partial charge in [-0.05, 0) is 31.3 Å². The number of ether oxygens (including phenoxy) is 1. The quantitative estimate of drug-likeness (QED) is 0.682. The van der Waals surface area contributed by atoms with Crippen molar-refractivity contribution >= 4 is 11.0 Å². The van der Waals surface area contributed by atoms with Crippen molar-refractivity contribution in [2.24, 2.45) is 0 Å². The predicted octanol–water partition coefficient (Wildman–Crippen LogP) is 2.86. The van der Waals surface area contributed by atoms with Gasteiger partial charge in [-0.2, -0.15) is 0 Å². The molecule has 0 saturated heterocycles. The fourth-order valence-electron chi connectivity index (χ4n) is 2.25. The Hall–Kier alpha value is -2.24. The van der Waals surface area contributed by atoms with Gasteiger partial charge in [0.15, 0.2) is 17.1 Å². The number of nitrogens with one attached hydrogen (secondary N) is 1. The van der Waals surface area contributed by atoms with Crippen molar-refractivity contribution in [2.45, 2.75) is 12.2 Å². The Morgan fingerprint density at radius 2 is 2.05 bits per heavy atom. The van der Waals surface area contributed by atoms with Crippen molar-refractivity contribution in [3.8, 4) is 5.75 Å². The molecule has 2 heterocycles. The van der Waals surface area contributed by atoms with Gasteiger partial charge in [-0.15, -0.1) is 0 Å². The largest absolute Gasteiger partial charge is 0.462 e. The molecular weight excluding hydrogens is 270 g/mol. The highest BCUT2D eigenvalue weighted by Crippen LogP contribution is 2.34. The van der Waals surface area contributed by atoms with E-state index in [0.29, 0.717) is 30.1 Å². The van der Waals surface area contributed by atoms with Gasteiger partial charge in [-0.25, -0.2) is 0 Å². The van der Waals surface area contributed by atoms with E-state index in [1.54, 1.807) is 24.5 Å². The van der Waals surface area contributed by atoms with Crippen LogP contribution in [0.2, 0.25) is 0 Å². The summed E-state index contributed by atoms with van der Waals surface area (Å²) in [5.74, 6) is -0.707. The highest BCUT2D eigenvalue weighted by atomic mass is 16.6. The maximum Gasteiger partial charge on any atom is 0.268 e. The Labute approximate surface area is 122 Å². The van der Waals surface area contributed by atoms with Crippen molar-refractivity contribution in [3.05, 3.63) is 54.7 Å². The van der Waals surface area contributed by atoms with Gasteiger partial charge in [-0.1, -0.05) is 12.1 Å². The van der Waals surface area contributed by atoms with Crippen LogP contribution in [0.1, 0.15) is 12.2 Å². The standard InChI is InChI=1S/C16H17NO4/c1-17-9-8-16(18,14-6-3-10-19-14)21-13-5-2-4-12-7-11-20-15(12)13/h2-7,10-11,17-18H,8-9H2,1H3. The number of aliphatic hydroxyl groups is 1. The number of benzene rings is 1. The lowest BCUT2D eigenvalue weighted by Gasteiger charge is -2.27. The summed E-state index contributed by atoms with van der Waals surface area (Å²) in [6, 6.07) is 10.8. The Bertz CT molecular complexity index is 704. The first-order chi connectivity index (χ1) is 10.2. The molecule has 0 aliphatic carbocycles. The van der Waals surface area contributed by atoms with Crippen molar-refractivity contribution < 1.29 is 18.7 Å². The van der Waals surface area contributed by atoms with Crippen LogP contribution in [0, 0.1) is 0 Å². The van der Waals surface area contributed by atoms with Crippen LogP contribution in [0.3, 0.4) is 0 Å². The third kappa shape index (κ3) is 2.66. The summed E-state index contributed by atoms with van der Waals surface area (Å²) in [6.07, 6.45) is 3.45. The SMILES string of the molecule is CNCCC(O)(Oc1cccc2ccoc12)c1ccco1. The van der Waals surface area contributed by atoms with Crippen LogP contribution in [-0.4, -0.2) is 18.7 Å². The molecule has 5 heteroatoms. The zero-order valence-corrected chi connectivity index (χ0v) is 11.7. The van der Waals surface area contributed by atoms with Crippen LogP contribution in [0.5, 0.6) is 5.75 Å². The summed E-state index contributed by atoms with van der Waals surface area (Å²) >= 11 is 0. The zero-order chi connectivity index (χ0) is 14.7. The molecule has 5 nitrogen and oxygen atoms in total. The number of hydrogen-bond acceptors (Lipinski definition) is 5. The first-order valence-corrected chi connectivity index (χ1v) is 6.79. The predicted molar refractivity (Wildman–Crippen MR) is 78.0 cm³/mol. The van der Waals surface area contributed by atoms with E-state index in [-0.39, 0.29) is 0 Å². The number of para-hydroxylation sites is 1. The van der Waals surface area contributed by atoms with E-state index in [4.69, 9.17) is 13.6 Å². The van der Waals surface area contributed by atoms with E-state index in [1.807, 2.05) is 25.2 Å². The molecule has 3 aromatic rings. The summed E-state index contributed by atoms with van der Waals surface area (Å²) < 4.78 is 16.6. The van der Waals surface area contributed by atoms with Crippen molar-refractivity contribution in [3.63, 3.8) is 0 Å². The molecule has 0 spiro atoms. The second-order valence-corrected chi connectivity index (χ2v) is 4.81. The molecule has 110 valence electrons. The number of fused-ring (bicyclic) bond motifs is 1. The lowest BCUT2D eigenvalue weighted by molar-refractivity contribution is -0.163. The molecule has 0 aliphatic rings. The summed E-state index contributed by atoms with van der Waals surface area (Å²) in [7, 11) is 1.82. The van der Waals surface area contributed by atoms with Crippen LogP contribution in [0.25, 0.3) is 11.0 Å². The van der Waals surface area contributed by atoms with Crippen molar-refractivity contribution in [1.82, 2.24) is 5.32 Å². The molecule has 1 atom stereocenters. The van der Waals surface area contributed by atoms with Gasteiger partial charge in [0, 0.05) is 18.4 Å². The van der Waals surface area contributed by atoms with E-state index in [9.17, 15) is 5.11 Å². The van der Waals surface area contributed by atoms with Crippen LogP contribution >= 0.6 is 0 Å². The van der Waals surface area contributed by atoms with Crippen molar-refractivity contribution in [1.29, 1.82) is 0 Å². The van der Waals surface area contributed by atoms with Crippen LogP contribution < -0.4 is 10.1 Å². The van der Waals surface area contributed by atoms with Gasteiger partial charge in [-0.3, -0.25) is 0 Å².